The van der Waals surface area contributed by atoms with Crippen molar-refractivity contribution in [3.8, 4) is 0 Å². The molecule has 2 unspecified atom stereocenters. The van der Waals surface area contributed by atoms with Crippen LogP contribution in [0.2, 0.25) is 0 Å². The van der Waals surface area contributed by atoms with Crippen LogP contribution in [0.25, 0.3) is 0 Å². The molecule has 1 heterocycles. The molecule has 0 aromatic heterocycles. The van der Waals surface area contributed by atoms with Gasteiger partial charge in [0.1, 0.15) is 0 Å². The Morgan fingerprint density at radius 3 is 2.52 bits per heavy atom. The van der Waals surface area contributed by atoms with E-state index in [1.165, 1.54) is 0 Å². The number of rotatable bonds is 11. The summed E-state index contributed by atoms with van der Waals surface area (Å²) in [4.78, 5) is 2.15. The summed E-state index contributed by atoms with van der Waals surface area (Å²) in [7, 11) is -2.11. The first-order chi connectivity index (χ1) is 11.6. The van der Waals surface area contributed by atoms with Crippen LogP contribution in [0, 0.1) is 0 Å². The van der Waals surface area contributed by atoms with E-state index < -0.39 is 10.4 Å². The second-order valence-electron chi connectivity index (χ2n) is 7.36. The van der Waals surface area contributed by atoms with Crippen molar-refractivity contribution in [1.29, 1.82) is 0 Å². The monoisotopic (exact) mass is 368 g/mol. The molecule has 1 aliphatic heterocycles. The lowest BCUT2D eigenvalue weighted by Gasteiger charge is -2.32. The van der Waals surface area contributed by atoms with E-state index in [2.05, 4.69) is 43.5 Å². The number of hydrogen-bond donors (Lipinski definition) is 1. The third kappa shape index (κ3) is 6.25. The molecule has 2 nitrogen and oxygen atoms in total. The minimum atomic E-state index is -2.11. The van der Waals surface area contributed by atoms with Crippen molar-refractivity contribution in [3.63, 3.8) is 0 Å². The maximum absolute atomic E-state index is 14.7. The molecule has 0 aromatic rings. The van der Waals surface area contributed by atoms with Crippen molar-refractivity contribution in [2.45, 2.75) is 64.2 Å². The minimum absolute atomic E-state index is 0.0439. The Morgan fingerprint density at radius 1 is 1.32 bits per heavy atom. The Balaban J connectivity index is 2.33. The van der Waals surface area contributed by atoms with Gasteiger partial charge in [0.2, 0.25) is 0 Å². The van der Waals surface area contributed by atoms with E-state index in [0.717, 1.165) is 61.3 Å². The number of hydrogen-bond acceptors (Lipinski definition) is 2. The van der Waals surface area contributed by atoms with Gasteiger partial charge in [0, 0.05) is 41.9 Å². The third-order valence-corrected chi connectivity index (χ3v) is 7.95. The number of nitrogens with one attached hydrogen (secondary N) is 1. The molecule has 25 heavy (non-hydrogen) atoms. The standard InChI is InChI=1S/C21H37FN2S/c1-9-25(8,22)21-15-18(5)24(20(21)7)14-12-10-11-13-17(4)23-19(6)16(2)3/h19,21,23H,2,4-5,7,9-15H2,1,3,6,8H3/t19-,21?/m0/s1. The average Bonchev–Trinajstić information content (AvgIpc) is 2.82. The Bertz CT molecular complexity index is 524. The van der Waals surface area contributed by atoms with Crippen LogP contribution in [0.4, 0.5) is 3.89 Å². The summed E-state index contributed by atoms with van der Waals surface area (Å²) in [5.74, 6) is 0.593. The lowest BCUT2D eigenvalue weighted by Crippen LogP contribution is -2.25. The quantitative estimate of drug-likeness (QED) is 0.352. The van der Waals surface area contributed by atoms with E-state index in [1.807, 2.05) is 13.8 Å². The average molecular weight is 369 g/mol. The van der Waals surface area contributed by atoms with Gasteiger partial charge in [-0.05, 0) is 39.4 Å². The predicted molar refractivity (Wildman–Crippen MR) is 114 cm³/mol. The molecular weight excluding hydrogens is 331 g/mol. The van der Waals surface area contributed by atoms with Crippen molar-refractivity contribution < 1.29 is 3.89 Å². The van der Waals surface area contributed by atoms with E-state index in [4.69, 9.17) is 0 Å². The topological polar surface area (TPSA) is 15.3 Å². The van der Waals surface area contributed by atoms with E-state index in [0.29, 0.717) is 5.75 Å². The van der Waals surface area contributed by atoms with Crippen molar-refractivity contribution in [2.24, 2.45) is 0 Å². The highest BCUT2D eigenvalue weighted by Crippen LogP contribution is 2.58. The van der Waals surface area contributed by atoms with Crippen LogP contribution < -0.4 is 5.32 Å². The van der Waals surface area contributed by atoms with Crippen molar-refractivity contribution >= 4 is 10.4 Å². The molecule has 1 fully saturated rings. The third-order valence-electron chi connectivity index (χ3n) is 5.20. The Hall–Kier alpha value is -1.16. The molecule has 0 amide bonds. The summed E-state index contributed by atoms with van der Waals surface area (Å²) in [6.07, 6.45) is 6.77. The van der Waals surface area contributed by atoms with Gasteiger partial charge in [-0.3, -0.25) is 0 Å². The summed E-state index contributed by atoms with van der Waals surface area (Å²) >= 11 is 0. The Labute approximate surface area is 156 Å². The van der Waals surface area contributed by atoms with Crippen LogP contribution in [0.15, 0.2) is 49.0 Å². The van der Waals surface area contributed by atoms with Gasteiger partial charge in [0.15, 0.2) is 0 Å². The van der Waals surface area contributed by atoms with Gasteiger partial charge in [-0.25, -0.2) is 0 Å². The number of halogens is 1. The molecule has 0 aromatic carbocycles. The molecule has 1 rings (SSSR count). The van der Waals surface area contributed by atoms with Crippen LogP contribution in [-0.4, -0.2) is 34.7 Å². The van der Waals surface area contributed by atoms with E-state index >= 15 is 0 Å². The van der Waals surface area contributed by atoms with Crippen molar-refractivity contribution in [1.82, 2.24) is 10.2 Å². The van der Waals surface area contributed by atoms with Gasteiger partial charge >= 0.3 is 0 Å². The summed E-state index contributed by atoms with van der Waals surface area (Å²) < 4.78 is 14.7. The first kappa shape index (κ1) is 21.9. The first-order valence-electron chi connectivity index (χ1n) is 9.28. The number of nitrogens with zero attached hydrogens (tertiary/aromatic N) is 1. The second kappa shape index (κ2) is 9.51. The summed E-state index contributed by atoms with van der Waals surface area (Å²) in [6, 6.07) is 0.275. The number of allylic oxidation sites excluding steroid dienone is 2. The maximum atomic E-state index is 14.7. The van der Waals surface area contributed by atoms with E-state index in [9.17, 15) is 3.89 Å². The van der Waals surface area contributed by atoms with Crippen molar-refractivity contribution in [3.05, 3.63) is 49.0 Å². The molecule has 1 aliphatic rings. The fraction of sp³-hybridized carbons (Fsp3) is 0.619. The largest absolute Gasteiger partial charge is 0.383 e. The Morgan fingerprint density at radius 2 is 1.96 bits per heavy atom. The normalized spacial score (nSPS) is 22.4. The van der Waals surface area contributed by atoms with Gasteiger partial charge in [-0.1, -0.05) is 55.6 Å². The van der Waals surface area contributed by atoms with Crippen molar-refractivity contribution in [2.75, 3.05) is 18.6 Å². The summed E-state index contributed by atoms with van der Waals surface area (Å²) in [5.41, 5.74) is 4.16. The number of likely N-dealkylation sites (tertiary alicyclic amines) is 1. The molecule has 3 atom stereocenters. The SMILES string of the molecule is C=C(CCCCCN1C(=C)CC(S(C)(F)CC)C1=C)N[C@@H](C)C(=C)C. The molecule has 0 spiro atoms. The molecule has 0 saturated carbocycles. The van der Waals surface area contributed by atoms with Crippen LogP contribution in [0.3, 0.4) is 0 Å². The molecule has 0 aliphatic carbocycles. The minimum Gasteiger partial charge on any atom is -0.383 e. The van der Waals surface area contributed by atoms with Gasteiger partial charge in [-0.15, -0.1) is 0 Å². The fourth-order valence-corrected chi connectivity index (χ4v) is 4.70. The zero-order chi connectivity index (χ0) is 19.2. The molecule has 1 saturated heterocycles. The zero-order valence-electron chi connectivity index (χ0n) is 16.7. The lowest BCUT2D eigenvalue weighted by molar-refractivity contribution is 0.434. The Kier molecular flexibility index (Phi) is 8.33. The van der Waals surface area contributed by atoms with Gasteiger partial charge in [0.25, 0.3) is 0 Å². The van der Waals surface area contributed by atoms with E-state index in [-0.39, 0.29) is 11.3 Å². The summed E-state index contributed by atoms with van der Waals surface area (Å²) in [5, 5.41) is 3.34. The second-order valence-corrected chi connectivity index (χ2v) is 10.6. The van der Waals surface area contributed by atoms with Crippen LogP contribution in [0.5, 0.6) is 0 Å². The first-order valence-corrected chi connectivity index (χ1v) is 11.5. The highest BCUT2D eigenvalue weighted by molar-refractivity contribution is 8.29. The molecule has 0 radical (unpaired) electrons. The lowest BCUT2D eigenvalue weighted by atomic mass is 10.1. The van der Waals surface area contributed by atoms with Crippen LogP contribution >= 0.6 is 10.4 Å². The highest BCUT2D eigenvalue weighted by atomic mass is 32.3. The van der Waals surface area contributed by atoms with Crippen LogP contribution in [0.1, 0.15) is 52.9 Å². The van der Waals surface area contributed by atoms with Gasteiger partial charge in [0.05, 0.1) is 5.25 Å². The predicted octanol–water partition coefficient (Wildman–Crippen LogP) is 6.06. The smallest absolute Gasteiger partial charge is 0.0597 e. The van der Waals surface area contributed by atoms with Crippen LogP contribution in [-0.2, 0) is 0 Å². The molecular formula is C21H37FN2S. The molecule has 1 N–H and O–H groups in total. The fourth-order valence-electron chi connectivity index (χ4n) is 3.07. The highest BCUT2D eigenvalue weighted by Gasteiger charge is 2.38. The molecule has 144 valence electrons. The summed E-state index contributed by atoms with van der Waals surface area (Å²) in [6.45, 7) is 23.3. The van der Waals surface area contributed by atoms with Gasteiger partial charge < -0.3 is 10.2 Å². The molecule has 0 bridgehead atoms. The molecule has 4 heteroatoms. The maximum Gasteiger partial charge on any atom is 0.0597 e. The number of unbranched alkanes of at least 4 members (excludes halogenated alkanes) is 2. The van der Waals surface area contributed by atoms with Gasteiger partial charge in [-0.2, -0.15) is 3.89 Å². The van der Waals surface area contributed by atoms with E-state index in [1.54, 1.807) is 6.26 Å². The zero-order valence-corrected chi connectivity index (χ0v) is 17.5.